The summed E-state index contributed by atoms with van der Waals surface area (Å²) in [7, 11) is 0. The van der Waals surface area contributed by atoms with Crippen molar-refractivity contribution in [1.82, 2.24) is 10.2 Å². The summed E-state index contributed by atoms with van der Waals surface area (Å²) in [5.41, 5.74) is 3.38. The van der Waals surface area contributed by atoms with E-state index in [1.807, 2.05) is 12.1 Å². The molecule has 2 heterocycles. The van der Waals surface area contributed by atoms with E-state index in [1.165, 1.54) is 21.9 Å². The lowest BCUT2D eigenvalue weighted by atomic mass is 10.1. The van der Waals surface area contributed by atoms with Crippen LogP contribution in [0, 0.1) is 0 Å². The maximum atomic E-state index is 5.84. The molecule has 3 aromatic carbocycles. The Morgan fingerprint density at radius 3 is 2.81 bits per heavy atom. The highest BCUT2D eigenvalue weighted by Gasteiger charge is 2.15. The fraction of sp³-hybridized carbons (Fsp3) is 0.143. The molecule has 128 valence electrons. The van der Waals surface area contributed by atoms with E-state index >= 15 is 0 Å². The molecule has 4 aromatic rings. The zero-order valence-electron chi connectivity index (χ0n) is 14.0. The van der Waals surface area contributed by atoms with Crippen LogP contribution in [-0.4, -0.2) is 16.8 Å². The van der Waals surface area contributed by atoms with E-state index < -0.39 is 0 Å². The molecule has 0 bridgehead atoms. The molecule has 0 saturated carbocycles. The molecule has 0 atom stereocenters. The van der Waals surface area contributed by atoms with E-state index in [1.54, 1.807) is 11.8 Å². The second-order valence-electron chi connectivity index (χ2n) is 6.26. The average Bonchev–Trinajstić information content (AvgIpc) is 3.35. The van der Waals surface area contributed by atoms with E-state index in [0.29, 0.717) is 11.1 Å². The lowest BCUT2D eigenvalue weighted by Crippen LogP contribution is -1.85. The van der Waals surface area contributed by atoms with E-state index in [4.69, 9.17) is 9.15 Å². The third kappa shape index (κ3) is 2.95. The Labute approximate surface area is 155 Å². The van der Waals surface area contributed by atoms with Crippen LogP contribution in [-0.2, 0) is 12.2 Å². The maximum absolute atomic E-state index is 5.84. The Morgan fingerprint density at radius 2 is 1.85 bits per heavy atom. The highest BCUT2D eigenvalue weighted by atomic mass is 32.2. The molecule has 0 aliphatic carbocycles. The third-order valence-electron chi connectivity index (χ3n) is 4.52. The van der Waals surface area contributed by atoms with Gasteiger partial charge in [0.2, 0.25) is 5.89 Å². The monoisotopic (exact) mass is 360 g/mol. The first-order valence-corrected chi connectivity index (χ1v) is 9.54. The first-order valence-electron chi connectivity index (χ1n) is 8.55. The molecule has 0 amide bonds. The molecule has 1 aliphatic rings. The molecule has 0 radical (unpaired) electrons. The SMILES string of the molecule is c1ccc2cc(CSc3nnc(-c4ccc5c(c4)CCO5)o3)ccc2c1. The first kappa shape index (κ1) is 15.5. The topological polar surface area (TPSA) is 48.2 Å². The Hall–Kier alpha value is -2.79. The van der Waals surface area contributed by atoms with Gasteiger partial charge in [0.25, 0.3) is 5.22 Å². The second kappa shape index (κ2) is 6.50. The first-order chi connectivity index (χ1) is 12.8. The quantitative estimate of drug-likeness (QED) is 0.473. The number of ether oxygens (including phenoxy) is 1. The summed E-state index contributed by atoms with van der Waals surface area (Å²) in [5, 5.41) is 11.5. The lowest BCUT2D eigenvalue weighted by molar-refractivity contribution is 0.357. The predicted molar refractivity (Wildman–Crippen MR) is 102 cm³/mol. The molecule has 5 heteroatoms. The molecule has 4 nitrogen and oxygen atoms in total. The number of nitrogens with zero attached hydrogens (tertiary/aromatic N) is 2. The molecule has 1 aromatic heterocycles. The molecule has 5 rings (SSSR count). The number of hydrogen-bond acceptors (Lipinski definition) is 5. The van der Waals surface area contributed by atoms with Crippen molar-refractivity contribution in [1.29, 1.82) is 0 Å². The minimum atomic E-state index is 0.556. The maximum Gasteiger partial charge on any atom is 0.277 e. The summed E-state index contributed by atoms with van der Waals surface area (Å²) in [6.07, 6.45) is 0.931. The summed E-state index contributed by atoms with van der Waals surface area (Å²) in [4.78, 5) is 0. The van der Waals surface area contributed by atoms with Crippen LogP contribution in [0.5, 0.6) is 5.75 Å². The van der Waals surface area contributed by atoms with Crippen molar-refractivity contribution >= 4 is 22.5 Å². The molecule has 0 N–H and O–H groups in total. The number of rotatable bonds is 4. The van der Waals surface area contributed by atoms with Crippen LogP contribution >= 0.6 is 11.8 Å². The fourth-order valence-corrected chi connectivity index (χ4v) is 3.88. The van der Waals surface area contributed by atoms with Gasteiger partial charge in [0.15, 0.2) is 0 Å². The number of benzene rings is 3. The Bertz CT molecular complexity index is 1090. The van der Waals surface area contributed by atoms with Crippen molar-refractivity contribution in [2.24, 2.45) is 0 Å². The van der Waals surface area contributed by atoms with Crippen LogP contribution in [0.25, 0.3) is 22.2 Å². The minimum Gasteiger partial charge on any atom is -0.493 e. The molecule has 26 heavy (non-hydrogen) atoms. The van der Waals surface area contributed by atoms with Crippen molar-refractivity contribution < 1.29 is 9.15 Å². The van der Waals surface area contributed by atoms with Crippen molar-refractivity contribution in [3.8, 4) is 17.2 Å². The van der Waals surface area contributed by atoms with Gasteiger partial charge in [-0.15, -0.1) is 10.2 Å². The smallest absolute Gasteiger partial charge is 0.277 e. The average molecular weight is 360 g/mol. The molecule has 0 fully saturated rings. The van der Waals surface area contributed by atoms with Gasteiger partial charge in [0.1, 0.15) is 5.75 Å². The highest BCUT2D eigenvalue weighted by molar-refractivity contribution is 7.98. The van der Waals surface area contributed by atoms with E-state index in [9.17, 15) is 0 Å². The summed E-state index contributed by atoms with van der Waals surface area (Å²) >= 11 is 1.56. The van der Waals surface area contributed by atoms with Gasteiger partial charge in [0, 0.05) is 17.7 Å². The van der Waals surface area contributed by atoms with Gasteiger partial charge >= 0.3 is 0 Å². The van der Waals surface area contributed by atoms with Gasteiger partial charge in [0.05, 0.1) is 6.61 Å². The normalized spacial score (nSPS) is 12.9. The van der Waals surface area contributed by atoms with E-state index in [-0.39, 0.29) is 0 Å². The van der Waals surface area contributed by atoms with Gasteiger partial charge in [-0.25, -0.2) is 0 Å². The van der Waals surface area contributed by atoms with Gasteiger partial charge < -0.3 is 9.15 Å². The summed E-state index contributed by atoms with van der Waals surface area (Å²) < 4.78 is 11.4. The van der Waals surface area contributed by atoms with E-state index in [0.717, 1.165) is 30.1 Å². The van der Waals surface area contributed by atoms with Crippen LogP contribution in [0.15, 0.2) is 70.3 Å². The summed E-state index contributed by atoms with van der Waals surface area (Å²) in [6.45, 7) is 0.746. The van der Waals surface area contributed by atoms with Crippen LogP contribution in [0.4, 0.5) is 0 Å². The summed E-state index contributed by atoms with van der Waals surface area (Å²) in [6, 6.07) is 20.9. The largest absolute Gasteiger partial charge is 0.493 e. The zero-order valence-corrected chi connectivity index (χ0v) is 14.8. The van der Waals surface area contributed by atoms with Crippen LogP contribution in [0.1, 0.15) is 11.1 Å². The fourth-order valence-electron chi connectivity index (χ4n) is 3.18. The molecule has 0 unspecified atom stereocenters. The number of aromatic nitrogens is 2. The number of fused-ring (bicyclic) bond motifs is 2. The van der Waals surface area contributed by atoms with Crippen molar-refractivity contribution in [3.05, 3.63) is 71.8 Å². The van der Waals surface area contributed by atoms with Crippen molar-refractivity contribution in [3.63, 3.8) is 0 Å². The van der Waals surface area contributed by atoms with Crippen molar-refractivity contribution in [2.75, 3.05) is 6.61 Å². The predicted octanol–water partition coefficient (Wildman–Crippen LogP) is 5.12. The molecule has 0 saturated heterocycles. The second-order valence-corrected chi connectivity index (χ2v) is 7.19. The van der Waals surface area contributed by atoms with Crippen LogP contribution in [0.2, 0.25) is 0 Å². The Morgan fingerprint density at radius 1 is 0.923 bits per heavy atom. The number of hydrogen-bond donors (Lipinski definition) is 0. The highest BCUT2D eigenvalue weighted by Crippen LogP contribution is 2.31. The van der Waals surface area contributed by atoms with E-state index in [2.05, 4.69) is 58.7 Å². The molecule has 1 aliphatic heterocycles. The molecular formula is C21H16N2O2S. The third-order valence-corrected chi connectivity index (χ3v) is 5.41. The number of thioether (sulfide) groups is 1. The minimum absolute atomic E-state index is 0.556. The van der Waals surface area contributed by atoms with Gasteiger partial charge in [-0.3, -0.25) is 0 Å². The standard InChI is InChI=1S/C21H16N2O2S/c1-2-4-16-11-14(5-6-15(16)3-1)13-26-21-23-22-20(25-21)18-7-8-19-17(12-18)9-10-24-19/h1-8,11-12H,9-10,13H2. The van der Waals surface area contributed by atoms with Crippen molar-refractivity contribution in [2.45, 2.75) is 17.4 Å². The van der Waals surface area contributed by atoms with Gasteiger partial charge in [-0.1, -0.05) is 54.2 Å². The summed E-state index contributed by atoms with van der Waals surface area (Å²) in [5.74, 6) is 2.31. The molecular weight excluding hydrogens is 344 g/mol. The van der Waals surface area contributed by atoms with Crippen LogP contribution < -0.4 is 4.74 Å². The zero-order chi connectivity index (χ0) is 17.3. The Kier molecular flexibility index (Phi) is 3.87. The van der Waals surface area contributed by atoms with Crippen LogP contribution in [0.3, 0.4) is 0 Å². The van der Waals surface area contributed by atoms with Gasteiger partial charge in [-0.05, 0) is 40.1 Å². The lowest BCUT2D eigenvalue weighted by Gasteiger charge is -2.02. The molecule has 0 spiro atoms. The van der Waals surface area contributed by atoms with Gasteiger partial charge in [-0.2, -0.15) is 0 Å². The Balaban J connectivity index is 1.32.